The number of nitrogens with one attached hydrogen (secondary N) is 3. The molecule has 2 aromatic heterocycles. The Kier molecular flexibility index (Phi) is 5.54. The van der Waals surface area contributed by atoms with Crippen LogP contribution in [-0.2, 0) is 29.1 Å². The monoisotopic (exact) mass is 400 g/mol. The fourth-order valence-corrected chi connectivity index (χ4v) is 3.75. The molecule has 2 aromatic rings. The van der Waals surface area contributed by atoms with Crippen molar-refractivity contribution >= 4 is 17.7 Å². The van der Waals surface area contributed by atoms with E-state index in [1.165, 1.54) is 6.33 Å². The van der Waals surface area contributed by atoms with E-state index in [0.717, 1.165) is 17.7 Å². The standard InChI is InChI=1S/C18H24N8O3/c27-15-4-3-12(22-15)8-20-18(29)17-13-5-7-25(9-14(13)23-24-17)16(28)2-1-6-26-11-19-10-21-26/h10-12H,1-9H2,(H,20,29)(H,22,27)(H,23,24). The van der Waals surface area contributed by atoms with Gasteiger partial charge < -0.3 is 15.5 Å². The Hall–Kier alpha value is -3.24. The zero-order valence-corrected chi connectivity index (χ0v) is 16.1. The molecule has 4 rings (SSSR count). The molecular formula is C18H24N8O3. The molecule has 3 N–H and O–H groups in total. The van der Waals surface area contributed by atoms with Gasteiger partial charge in [0.25, 0.3) is 5.91 Å². The second-order valence-electron chi connectivity index (χ2n) is 7.37. The topological polar surface area (TPSA) is 138 Å². The predicted molar refractivity (Wildman–Crippen MR) is 100 cm³/mol. The van der Waals surface area contributed by atoms with E-state index in [1.54, 1.807) is 15.9 Å². The van der Waals surface area contributed by atoms with E-state index in [2.05, 4.69) is 30.9 Å². The van der Waals surface area contributed by atoms with Gasteiger partial charge in [0.1, 0.15) is 12.7 Å². The lowest BCUT2D eigenvalue weighted by Crippen LogP contribution is -2.39. The highest BCUT2D eigenvalue weighted by Crippen LogP contribution is 2.21. The fourth-order valence-electron chi connectivity index (χ4n) is 3.75. The summed E-state index contributed by atoms with van der Waals surface area (Å²) in [5.41, 5.74) is 2.05. The Morgan fingerprint density at radius 2 is 2.21 bits per heavy atom. The highest BCUT2D eigenvalue weighted by atomic mass is 16.2. The maximum atomic E-state index is 12.5. The molecule has 0 radical (unpaired) electrons. The van der Waals surface area contributed by atoms with Crippen LogP contribution in [0.3, 0.4) is 0 Å². The molecule has 1 unspecified atom stereocenters. The van der Waals surface area contributed by atoms with Gasteiger partial charge in [-0.2, -0.15) is 10.2 Å². The van der Waals surface area contributed by atoms with Crippen LogP contribution in [0.15, 0.2) is 12.7 Å². The Labute approximate surface area is 167 Å². The summed E-state index contributed by atoms with van der Waals surface area (Å²) in [5, 5.41) is 16.8. The first kappa shape index (κ1) is 19.1. The predicted octanol–water partition coefficient (Wildman–Crippen LogP) is -0.625. The van der Waals surface area contributed by atoms with Gasteiger partial charge in [-0.3, -0.25) is 24.2 Å². The molecule has 0 aromatic carbocycles. The number of hydrogen-bond donors (Lipinski definition) is 3. The Bertz CT molecular complexity index is 891. The Morgan fingerprint density at radius 1 is 1.31 bits per heavy atom. The number of carbonyl (C=O) groups is 3. The maximum Gasteiger partial charge on any atom is 0.272 e. The van der Waals surface area contributed by atoms with E-state index in [0.29, 0.717) is 57.6 Å². The minimum atomic E-state index is -0.253. The molecule has 2 aliphatic heterocycles. The minimum Gasteiger partial charge on any atom is -0.352 e. The lowest BCUT2D eigenvalue weighted by molar-refractivity contribution is -0.132. The van der Waals surface area contributed by atoms with Gasteiger partial charge in [0.05, 0.1) is 12.2 Å². The highest BCUT2D eigenvalue weighted by molar-refractivity contribution is 5.94. The van der Waals surface area contributed by atoms with E-state index in [9.17, 15) is 14.4 Å². The summed E-state index contributed by atoms with van der Waals surface area (Å²) in [5.74, 6) is -0.156. The second-order valence-corrected chi connectivity index (χ2v) is 7.37. The lowest BCUT2D eigenvalue weighted by atomic mass is 10.0. The SMILES string of the molecule is O=C1CCC(CNC(=O)c2n[nH]c3c2CCN(C(=O)CCCn2cncn2)C3)N1. The number of nitrogens with zero attached hydrogens (tertiary/aromatic N) is 5. The second kappa shape index (κ2) is 8.41. The van der Waals surface area contributed by atoms with Crippen LogP contribution in [0.1, 0.15) is 47.4 Å². The summed E-state index contributed by atoms with van der Waals surface area (Å²) in [6.07, 6.45) is 6.05. The van der Waals surface area contributed by atoms with Gasteiger partial charge in [0.15, 0.2) is 5.69 Å². The van der Waals surface area contributed by atoms with E-state index >= 15 is 0 Å². The van der Waals surface area contributed by atoms with Crippen LogP contribution in [0.2, 0.25) is 0 Å². The van der Waals surface area contributed by atoms with Crippen LogP contribution >= 0.6 is 0 Å². The molecule has 3 amide bonds. The molecule has 154 valence electrons. The minimum absolute atomic E-state index is 0.0208. The molecule has 4 heterocycles. The largest absolute Gasteiger partial charge is 0.352 e. The molecule has 11 heteroatoms. The zero-order valence-electron chi connectivity index (χ0n) is 16.1. The van der Waals surface area contributed by atoms with Crippen LogP contribution in [0, 0.1) is 0 Å². The molecule has 0 spiro atoms. The van der Waals surface area contributed by atoms with Crippen molar-refractivity contribution in [3.63, 3.8) is 0 Å². The highest BCUT2D eigenvalue weighted by Gasteiger charge is 2.28. The van der Waals surface area contributed by atoms with Crippen LogP contribution in [0.5, 0.6) is 0 Å². The van der Waals surface area contributed by atoms with Crippen molar-refractivity contribution in [3.8, 4) is 0 Å². The van der Waals surface area contributed by atoms with Crippen molar-refractivity contribution in [3.05, 3.63) is 29.6 Å². The molecule has 1 saturated heterocycles. The van der Waals surface area contributed by atoms with Gasteiger partial charge in [-0.15, -0.1) is 0 Å². The first-order chi connectivity index (χ1) is 14.1. The van der Waals surface area contributed by atoms with Gasteiger partial charge in [0, 0.05) is 44.1 Å². The lowest BCUT2D eigenvalue weighted by Gasteiger charge is -2.27. The first-order valence-corrected chi connectivity index (χ1v) is 9.84. The van der Waals surface area contributed by atoms with Crippen LogP contribution in [-0.4, -0.2) is 66.7 Å². The number of aryl methyl sites for hydroxylation is 1. The molecule has 1 fully saturated rings. The summed E-state index contributed by atoms with van der Waals surface area (Å²) in [6.45, 7) is 2.04. The third kappa shape index (κ3) is 4.44. The molecule has 2 aliphatic rings. The Balaban J connectivity index is 1.28. The van der Waals surface area contributed by atoms with Crippen molar-refractivity contribution in [1.29, 1.82) is 0 Å². The summed E-state index contributed by atoms with van der Waals surface area (Å²) in [7, 11) is 0. The average Bonchev–Trinajstić information content (AvgIpc) is 3.46. The first-order valence-electron chi connectivity index (χ1n) is 9.84. The number of fused-ring (bicyclic) bond motifs is 1. The third-order valence-corrected chi connectivity index (χ3v) is 5.34. The molecule has 11 nitrogen and oxygen atoms in total. The van der Waals surface area contributed by atoms with Gasteiger partial charge in [-0.05, 0) is 19.3 Å². The van der Waals surface area contributed by atoms with Crippen LogP contribution in [0.4, 0.5) is 0 Å². The molecular weight excluding hydrogens is 376 g/mol. The number of carbonyl (C=O) groups excluding carboxylic acids is 3. The van der Waals surface area contributed by atoms with E-state index in [4.69, 9.17) is 0 Å². The average molecular weight is 400 g/mol. The van der Waals surface area contributed by atoms with Crippen LogP contribution < -0.4 is 10.6 Å². The zero-order chi connectivity index (χ0) is 20.2. The molecule has 0 saturated carbocycles. The summed E-state index contributed by atoms with van der Waals surface area (Å²) in [4.78, 5) is 41.9. The third-order valence-electron chi connectivity index (χ3n) is 5.34. The van der Waals surface area contributed by atoms with Crippen molar-refractivity contribution in [2.45, 2.75) is 51.2 Å². The molecule has 29 heavy (non-hydrogen) atoms. The fraction of sp³-hybridized carbons (Fsp3) is 0.556. The number of hydrogen-bond acceptors (Lipinski definition) is 6. The van der Waals surface area contributed by atoms with Crippen molar-refractivity contribution in [1.82, 2.24) is 40.5 Å². The number of rotatable bonds is 7. The normalized spacial score (nSPS) is 18.4. The van der Waals surface area contributed by atoms with Gasteiger partial charge >= 0.3 is 0 Å². The maximum absolute atomic E-state index is 12.5. The number of aromatic nitrogens is 5. The quantitative estimate of drug-likeness (QED) is 0.566. The van der Waals surface area contributed by atoms with E-state index in [-0.39, 0.29) is 23.8 Å². The van der Waals surface area contributed by atoms with Crippen LogP contribution in [0.25, 0.3) is 0 Å². The molecule has 0 aliphatic carbocycles. The molecule has 1 atom stereocenters. The smallest absolute Gasteiger partial charge is 0.272 e. The number of H-pyrrole nitrogens is 1. The summed E-state index contributed by atoms with van der Waals surface area (Å²) >= 11 is 0. The van der Waals surface area contributed by atoms with Gasteiger partial charge in [-0.1, -0.05) is 0 Å². The molecule has 0 bridgehead atoms. The van der Waals surface area contributed by atoms with Gasteiger partial charge in [0.2, 0.25) is 11.8 Å². The van der Waals surface area contributed by atoms with E-state index in [1.807, 2.05) is 0 Å². The van der Waals surface area contributed by atoms with E-state index < -0.39 is 0 Å². The number of aromatic amines is 1. The van der Waals surface area contributed by atoms with Gasteiger partial charge in [-0.25, -0.2) is 4.98 Å². The van der Waals surface area contributed by atoms with Crippen molar-refractivity contribution < 1.29 is 14.4 Å². The van der Waals surface area contributed by atoms with Crippen molar-refractivity contribution in [2.24, 2.45) is 0 Å². The Morgan fingerprint density at radius 3 is 2.97 bits per heavy atom. The summed E-state index contributed by atoms with van der Waals surface area (Å²) in [6, 6.07) is -0.0214. The number of amides is 3. The van der Waals surface area contributed by atoms with Crippen molar-refractivity contribution in [2.75, 3.05) is 13.1 Å². The summed E-state index contributed by atoms with van der Waals surface area (Å²) < 4.78 is 1.71.